The predicted molar refractivity (Wildman–Crippen MR) is 48.5 cm³/mol. The number of hydroxylamine groups is 2. The molecular formula is C9H15N2O2+. The summed E-state index contributed by atoms with van der Waals surface area (Å²) in [5, 5.41) is 21.2. The Kier molecular flexibility index (Phi) is 1.98. The standard InChI is InChI=1S/C9H15N2O2/c1-7-6-10(12)8-4-2-3-5-9(8)11(7)13/h6,8-9,12H,2-5H2,1H3/q+1/t8-,9-/m1/s1. The number of hydrogen-bond donors (Lipinski definition) is 1. The van der Waals surface area contributed by atoms with Gasteiger partial charge in [-0.15, -0.1) is 0 Å². The highest BCUT2D eigenvalue weighted by Gasteiger charge is 2.44. The van der Waals surface area contributed by atoms with Crippen molar-refractivity contribution in [1.82, 2.24) is 0 Å². The maximum absolute atomic E-state index is 11.6. The lowest BCUT2D eigenvalue weighted by atomic mass is 9.90. The molecule has 1 saturated carbocycles. The van der Waals surface area contributed by atoms with Crippen LogP contribution in [0.4, 0.5) is 0 Å². The van der Waals surface area contributed by atoms with E-state index in [1.807, 2.05) is 0 Å². The molecule has 4 nitrogen and oxygen atoms in total. The van der Waals surface area contributed by atoms with Crippen LogP contribution < -0.4 is 0 Å². The summed E-state index contributed by atoms with van der Waals surface area (Å²) in [6, 6.07) is -0.0290. The molecule has 1 fully saturated rings. The van der Waals surface area contributed by atoms with E-state index in [-0.39, 0.29) is 12.1 Å². The van der Waals surface area contributed by atoms with Crippen molar-refractivity contribution in [1.29, 1.82) is 0 Å². The first-order valence-corrected chi connectivity index (χ1v) is 4.82. The first-order chi connectivity index (χ1) is 6.20. The van der Waals surface area contributed by atoms with Gasteiger partial charge in [0.15, 0.2) is 0 Å². The second-order valence-electron chi connectivity index (χ2n) is 3.90. The van der Waals surface area contributed by atoms with E-state index in [0.717, 1.165) is 30.4 Å². The van der Waals surface area contributed by atoms with E-state index in [9.17, 15) is 10.4 Å². The van der Waals surface area contributed by atoms with Crippen molar-refractivity contribution in [2.24, 2.45) is 0 Å². The maximum atomic E-state index is 11.6. The molecule has 2 aliphatic rings. The number of rotatable bonds is 0. The first-order valence-electron chi connectivity index (χ1n) is 4.82. The lowest BCUT2D eigenvalue weighted by Gasteiger charge is -2.27. The van der Waals surface area contributed by atoms with Crippen LogP contribution in [-0.2, 0) is 0 Å². The molecule has 2 atom stereocenters. The molecule has 1 aliphatic heterocycles. The summed E-state index contributed by atoms with van der Waals surface area (Å²) in [6.07, 6.45) is 5.56. The van der Waals surface area contributed by atoms with Crippen molar-refractivity contribution in [2.75, 3.05) is 0 Å². The third-order valence-electron chi connectivity index (χ3n) is 3.00. The summed E-state index contributed by atoms with van der Waals surface area (Å²) in [5.41, 5.74) is 0.602. The van der Waals surface area contributed by atoms with Crippen LogP contribution in [-0.4, -0.2) is 38.7 Å². The quantitative estimate of drug-likeness (QED) is 0.342. The minimum atomic E-state index is -0.0382. The summed E-state index contributed by atoms with van der Waals surface area (Å²) in [7, 11) is 0. The Morgan fingerprint density at radius 3 is 2.69 bits per heavy atom. The van der Waals surface area contributed by atoms with Gasteiger partial charge in [0, 0.05) is 19.8 Å². The van der Waals surface area contributed by atoms with Gasteiger partial charge in [0.1, 0.15) is 0 Å². The van der Waals surface area contributed by atoms with Crippen molar-refractivity contribution in [3.8, 4) is 0 Å². The lowest BCUT2D eigenvalue weighted by molar-refractivity contribution is -0.819. The fourth-order valence-electron chi connectivity index (χ4n) is 2.28. The minimum absolute atomic E-state index is 0.00921. The molecule has 13 heavy (non-hydrogen) atoms. The van der Waals surface area contributed by atoms with Gasteiger partial charge in [0.05, 0.1) is 0 Å². The highest BCUT2D eigenvalue weighted by Crippen LogP contribution is 2.24. The van der Waals surface area contributed by atoms with Crippen LogP contribution >= 0.6 is 0 Å². The molecule has 0 radical (unpaired) electrons. The molecule has 1 aliphatic carbocycles. The third-order valence-corrected chi connectivity index (χ3v) is 3.00. The number of hydrogen-bond acceptors (Lipinski definition) is 2. The normalized spacial score (nSPS) is 34.1. The average Bonchev–Trinajstić information content (AvgIpc) is 2.15. The molecule has 2 rings (SSSR count). The second kappa shape index (κ2) is 3.01. The molecule has 72 valence electrons. The Morgan fingerprint density at radius 2 is 2.00 bits per heavy atom. The largest absolute Gasteiger partial charge is 0.623 e. The van der Waals surface area contributed by atoms with Crippen molar-refractivity contribution in [2.45, 2.75) is 44.7 Å². The van der Waals surface area contributed by atoms with Crippen LogP contribution in [0.5, 0.6) is 0 Å². The van der Waals surface area contributed by atoms with E-state index in [1.54, 1.807) is 6.92 Å². The SMILES string of the molecule is CC1=[N+]([O-])[C@@H]2CCCC[C@H]2[N+](O)=C1. The van der Waals surface area contributed by atoms with E-state index >= 15 is 0 Å². The Hall–Kier alpha value is -1.06. The van der Waals surface area contributed by atoms with Crippen LogP contribution in [0, 0.1) is 5.21 Å². The Morgan fingerprint density at radius 1 is 1.38 bits per heavy atom. The van der Waals surface area contributed by atoms with E-state index in [2.05, 4.69) is 0 Å². The van der Waals surface area contributed by atoms with Gasteiger partial charge < -0.3 is 5.21 Å². The van der Waals surface area contributed by atoms with Gasteiger partial charge in [0.2, 0.25) is 6.04 Å². The fraction of sp³-hybridized carbons (Fsp3) is 0.778. The van der Waals surface area contributed by atoms with Crippen molar-refractivity contribution >= 4 is 11.9 Å². The lowest BCUT2D eigenvalue weighted by Crippen LogP contribution is -2.50. The molecule has 0 aromatic rings. The smallest absolute Gasteiger partial charge is 0.282 e. The monoisotopic (exact) mass is 183 g/mol. The van der Waals surface area contributed by atoms with Gasteiger partial charge in [-0.05, 0) is 17.6 Å². The molecule has 1 heterocycles. The van der Waals surface area contributed by atoms with E-state index in [0.29, 0.717) is 5.71 Å². The highest BCUT2D eigenvalue weighted by molar-refractivity contribution is 6.25. The number of fused-ring (bicyclic) bond motifs is 1. The molecule has 0 unspecified atom stereocenters. The highest BCUT2D eigenvalue weighted by atomic mass is 16.5. The van der Waals surface area contributed by atoms with E-state index < -0.39 is 0 Å². The van der Waals surface area contributed by atoms with Crippen molar-refractivity contribution in [3.05, 3.63) is 5.21 Å². The molecular weight excluding hydrogens is 168 g/mol. The van der Waals surface area contributed by atoms with E-state index in [4.69, 9.17) is 0 Å². The zero-order valence-electron chi connectivity index (χ0n) is 7.81. The second-order valence-corrected chi connectivity index (χ2v) is 3.90. The topological polar surface area (TPSA) is 49.3 Å². The molecule has 0 aromatic carbocycles. The maximum Gasteiger partial charge on any atom is 0.282 e. The van der Waals surface area contributed by atoms with Crippen LogP contribution in [0.25, 0.3) is 0 Å². The average molecular weight is 183 g/mol. The van der Waals surface area contributed by atoms with Gasteiger partial charge in [0.25, 0.3) is 18.0 Å². The fourth-order valence-corrected chi connectivity index (χ4v) is 2.28. The molecule has 4 heteroatoms. The Bertz CT molecular complexity index is 283. The van der Waals surface area contributed by atoms with Crippen molar-refractivity contribution < 1.29 is 14.7 Å². The molecule has 0 aromatic heterocycles. The summed E-state index contributed by atoms with van der Waals surface area (Å²) >= 11 is 0. The van der Waals surface area contributed by atoms with Gasteiger partial charge in [-0.25, -0.2) is 0 Å². The van der Waals surface area contributed by atoms with Crippen LogP contribution in [0.15, 0.2) is 0 Å². The zero-order chi connectivity index (χ0) is 9.42. The van der Waals surface area contributed by atoms with Crippen molar-refractivity contribution in [3.63, 3.8) is 0 Å². The number of nitrogens with zero attached hydrogens (tertiary/aromatic N) is 2. The first kappa shape index (κ1) is 8.53. The Labute approximate surface area is 77.4 Å². The van der Waals surface area contributed by atoms with Gasteiger partial charge in [-0.2, -0.15) is 4.74 Å². The van der Waals surface area contributed by atoms with Crippen LogP contribution in [0.3, 0.4) is 0 Å². The summed E-state index contributed by atoms with van der Waals surface area (Å²) in [4.78, 5) is 0. The van der Waals surface area contributed by atoms with E-state index in [1.165, 1.54) is 11.0 Å². The zero-order valence-corrected chi connectivity index (χ0v) is 7.81. The third kappa shape index (κ3) is 1.30. The molecule has 0 spiro atoms. The predicted octanol–water partition coefficient (Wildman–Crippen LogP) is 0.755. The van der Waals surface area contributed by atoms with Gasteiger partial charge in [-0.3, -0.25) is 5.21 Å². The summed E-state index contributed by atoms with van der Waals surface area (Å²) in [6.45, 7) is 1.74. The molecule has 0 amide bonds. The molecule has 0 saturated heterocycles. The molecule has 0 bridgehead atoms. The van der Waals surface area contributed by atoms with Crippen LogP contribution in [0.2, 0.25) is 0 Å². The Balaban J connectivity index is 2.31. The molecule has 1 N–H and O–H groups in total. The summed E-state index contributed by atoms with van der Waals surface area (Å²) in [5.74, 6) is 0. The summed E-state index contributed by atoms with van der Waals surface area (Å²) < 4.78 is 2.27. The van der Waals surface area contributed by atoms with Gasteiger partial charge >= 0.3 is 0 Å². The minimum Gasteiger partial charge on any atom is -0.623 e. The van der Waals surface area contributed by atoms with Gasteiger partial charge in [-0.1, -0.05) is 0 Å². The van der Waals surface area contributed by atoms with Crippen LogP contribution in [0.1, 0.15) is 32.6 Å².